The van der Waals surface area contributed by atoms with Crippen LogP contribution in [0.15, 0.2) is 0 Å². The Bertz CT molecular complexity index is 452. The van der Waals surface area contributed by atoms with Crippen molar-refractivity contribution in [1.82, 2.24) is 5.32 Å². The lowest BCUT2D eigenvalue weighted by Crippen LogP contribution is -2.67. The molecule has 1 saturated carbocycles. The fourth-order valence-electron chi connectivity index (χ4n) is 2.43. The van der Waals surface area contributed by atoms with Crippen molar-refractivity contribution in [3.63, 3.8) is 0 Å². The smallest absolute Gasteiger partial charge is 0.407 e. The van der Waals surface area contributed by atoms with E-state index in [1.54, 1.807) is 41.5 Å². The van der Waals surface area contributed by atoms with Crippen molar-refractivity contribution in [2.75, 3.05) is 0 Å². The number of aliphatic hydroxyl groups is 1. The molecule has 0 saturated heterocycles. The maximum atomic E-state index is 12.5. The van der Waals surface area contributed by atoms with E-state index in [1.165, 1.54) is 0 Å². The van der Waals surface area contributed by atoms with Gasteiger partial charge in [0.05, 0.1) is 12.1 Å². The third kappa shape index (κ3) is 5.99. The van der Waals surface area contributed by atoms with Crippen LogP contribution in [0.25, 0.3) is 0 Å². The highest BCUT2D eigenvalue weighted by Gasteiger charge is 2.49. The lowest BCUT2D eigenvalue weighted by Gasteiger charge is -2.42. The molecule has 0 aromatic heterocycles. The van der Waals surface area contributed by atoms with Gasteiger partial charge in [0.25, 0.3) is 0 Å². The van der Waals surface area contributed by atoms with Gasteiger partial charge in [0.1, 0.15) is 16.7 Å². The molecule has 1 amide bonds. The third-order valence-corrected chi connectivity index (χ3v) is 3.49. The number of hydrogen-bond donors (Lipinski definition) is 3. The summed E-state index contributed by atoms with van der Waals surface area (Å²) in [5, 5.41) is 12.5. The van der Waals surface area contributed by atoms with E-state index >= 15 is 0 Å². The Morgan fingerprint density at radius 2 is 1.65 bits per heavy atom. The Morgan fingerprint density at radius 1 is 1.13 bits per heavy atom. The Kier molecular flexibility index (Phi) is 5.70. The predicted molar refractivity (Wildman–Crippen MR) is 85.8 cm³/mol. The molecule has 23 heavy (non-hydrogen) atoms. The van der Waals surface area contributed by atoms with E-state index in [2.05, 4.69) is 5.32 Å². The van der Waals surface area contributed by atoms with Gasteiger partial charge in [0.15, 0.2) is 0 Å². The zero-order valence-corrected chi connectivity index (χ0v) is 14.9. The van der Waals surface area contributed by atoms with E-state index in [9.17, 15) is 14.7 Å². The zero-order valence-electron chi connectivity index (χ0n) is 14.9. The molecular weight excluding hydrogens is 300 g/mol. The number of alkyl carbamates (subject to hydrolysis) is 1. The largest absolute Gasteiger partial charge is 0.459 e. The molecule has 7 nitrogen and oxygen atoms in total. The van der Waals surface area contributed by atoms with Crippen LogP contribution in [0.2, 0.25) is 0 Å². The fourth-order valence-corrected chi connectivity index (χ4v) is 2.43. The van der Waals surface area contributed by atoms with Gasteiger partial charge in [0, 0.05) is 0 Å². The SMILES string of the molecule is CC(C)(C)OC(=O)NC1CC(O)CCC1(N)C(=O)OC(C)(C)C. The Balaban J connectivity index is 2.90. The molecule has 1 aliphatic carbocycles. The van der Waals surface area contributed by atoms with Crippen molar-refractivity contribution < 1.29 is 24.2 Å². The van der Waals surface area contributed by atoms with Crippen LogP contribution in [0.4, 0.5) is 4.79 Å². The molecule has 0 spiro atoms. The van der Waals surface area contributed by atoms with Crippen molar-refractivity contribution in [1.29, 1.82) is 0 Å². The lowest BCUT2D eigenvalue weighted by atomic mass is 9.76. The highest BCUT2D eigenvalue weighted by molar-refractivity contribution is 5.83. The molecule has 0 radical (unpaired) electrons. The van der Waals surface area contributed by atoms with Crippen LogP contribution in [-0.4, -0.2) is 46.1 Å². The summed E-state index contributed by atoms with van der Waals surface area (Å²) in [6, 6.07) is -0.754. The molecule has 4 N–H and O–H groups in total. The summed E-state index contributed by atoms with van der Waals surface area (Å²) < 4.78 is 10.6. The van der Waals surface area contributed by atoms with Crippen LogP contribution >= 0.6 is 0 Å². The van der Waals surface area contributed by atoms with Gasteiger partial charge in [0.2, 0.25) is 0 Å². The molecular formula is C16H30N2O5. The van der Waals surface area contributed by atoms with Gasteiger partial charge in [-0.25, -0.2) is 9.59 Å². The first-order valence-electron chi connectivity index (χ1n) is 7.93. The fraction of sp³-hybridized carbons (Fsp3) is 0.875. The minimum absolute atomic E-state index is 0.176. The molecule has 1 aliphatic rings. The normalized spacial score (nSPS) is 28.9. The summed E-state index contributed by atoms with van der Waals surface area (Å²) >= 11 is 0. The van der Waals surface area contributed by atoms with Gasteiger partial charge in [-0.1, -0.05) is 0 Å². The molecule has 3 atom stereocenters. The molecule has 1 rings (SSSR count). The molecule has 7 heteroatoms. The second-order valence-electron chi connectivity index (χ2n) is 8.17. The van der Waals surface area contributed by atoms with Gasteiger partial charge in [-0.05, 0) is 60.8 Å². The average Bonchev–Trinajstić information content (AvgIpc) is 2.29. The number of carbonyl (C=O) groups excluding carboxylic acids is 2. The van der Waals surface area contributed by atoms with Gasteiger partial charge in [-0.3, -0.25) is 0 Å². The maximum Gasteiger partial charge on any atom is 0.407 e. The summed E-state index contributed by atoms with van der Waals surface area (Å²) in [5.74, 6) is -0.585. The Hall–Kier alpha value is -1.34. The molecule has 1 fully saturated rings. The number of nitrogens with two attached hydrogens (primary N) is 1. The molecule has 0 aromatic rings. The maximum absolute atomic E-state index is 12.5. The van der Waals surface area contributed by atoms with Crippen molar-refractivity contribution in [3.8, 4) is 0 Å². The van der Waals surface area contributed by atoms with Crippen LogP contribution in [0.1, 0.15) is 60.8 Å². The summed E-state index contributed by atoms with van der Waals surface area (Å²) in [7, 11) is 0. The van der Waals surface area contributed by atoms with Gasteiger partial charge in [-0.15, -0.1) is 0 Å². The molecule has 134 valence electrons. The second-order valence-corrected chi connectivity index (χ2v) is 8.17. The Morgan fingerprint density at radius 3 is 2.13 bits per heavy atom. The number of nitrogens with one attached hydrogen (secondary N) is 1. The molecule has 0 heterocycles. The van der Waals surface area contributed by atoms with Crippen LogP contribution in [0.5, 0.6) is 0 Å². The van der Waals surface area contributed by atoms with Crippen LogP contribution in [0.3, 0.4) is 0 Å². The molecule has 3 unspecified atom stereocenters. The number of hydrogen-bond acceptors (Lipinski definition) is 6. The number of amides is 1. The second kappa shape index (κ2) is 6.65. The summed E-state index contributed by atoms with van der Waals surface area (Å²) in [5.41, 5.74) is 3.54. The zero-order chi connectivity index (χ0) is 18.1. The van der Waals surface area contributed by atoms with E-state index in [-0.39, 0.29) is 12.8 Å². The van der Waals surface area contributed by atoms with E-state index in [1.807, 2.05) is 0 Å². The number of carbonyl (C=O) groups is 2. The van der Waals surface area contributed by atoms with E-state index in [0.29, 0.717) is 6.42 Å². The molecule has 0 aliphatic heterocycles. The quantitative estimate of drug-likeness (QED) is 0.661. The van der Waals surface area contributed by atoms with Crippen LogP contribution < -0.4 is 11.1 Å². The van der Waals surface area contributed by atoms with Gasteiger partial charge >= 0.3 is 12.1 Å². The lowest BCUT2D eigenvalue weighted by molar-refractivity contribution is -0.165. The number of esters is 1. The number of ether oxygens (including phenoxy) is 2. The monoisotopic (exact) mass is 330 g/mol. The summed E-state index contributed by atoms with van der Waals surface area (Å²) in [4.78, 5) is 24.5. The topological polar surface area (TPSA) is 111 Å². The number of aliphatic hydroxyl groups excluding tert-OH is 1. The highest BCUT2D eigenvalue weighted by Crippen LogP contribution is 2.30. The van der Waals surface area contributed by atoms with Gasteiger partial charge < -0.3 is 25.6 Å². The van der Waals surface area contributed by atoms with Crippen molar-refractivity contribution >= 4 is 12.1 Å². The molecule has 0 aromatic carbocycles. The first-order valence-corrected chi connectivity index (χ1v) is 7.93. The highest BCUT2D eigenvalue weighted by atomic mass is 16.6. The minimum Gasteiger partial charge on any atom is -0.459 e. The van der Waals surface area contributed by atoms with E-state index < -0.39 is 40.9 Å². The predicted octanol–water partition coefficient (Wildman–Crippen LogP) is 1.46. The standard InChI is InChI=1S/C16H30N2O5/c1-14(2,3)22-12(20)16(17)8-7-10(19)9-11(16)18-13(21)23-15(4,5)6/h10-11,19H,7-9,17H2,1-6H3,(H,18,21). The van der Waals surface area contributed by atoms with E-state index in [4.69, 9.17) is 15.2 Å². The van der Waals surface area contributed by atoms with Gasteiger partial charge in [-0.2, -0.15) is 0 Å². The summed E-state index contributed by atoms with van der Waals surface area (Å²) in [6.07, 6.45) is -0.523. The van der Waals surface area contributed by atoms with E-state index in [0.717, 1.165) is 0 Å². The minimum atomic E-state index is -1.39. The van der Waals surface area contributed by atoms with Crippen molar-refractivity contribution in [2.45, 2.75) is 89.7 Å². The summed E-state index contributed by atoms with van der Waals surface area (Å²) in [6.45, 7) is 10.5. The van der Waals surface area contributed by atoms with Crippen LogP contribution in [-0.2, 0) is 14.3 Å². The number of rotatable bonds is 2. The van der Waals surface area contributed by atoms with Crippen molar-refractivity contribution in [2.24, 2.45) is 5.73 Å². The molecule has 0 bridgehead atoms. The van der Waals surface area contributed by atoms with Crippen molar-refractivity contribution in [3.05, 3.63) is 0 Å². The first-order chi connectivity index (χ1) is 10.2. The third-order valence-electron chi connectivity index (χ3n) is 3.49. The average molecular weight is 330 g/mol. The first kappa shape index (κ1) is 19.7. The van der Waals surface area contributed by atoms with Crippen LogP contribution in [0, 0.1) is 0 Å². The Labute approximate surface area is 137 Å².